The lowest BCUT2D eigenvalue weighted by atomic mass is 10.1. The van der Waals surface area contributed by atoms with Gasteiger partial charge in [-0.1, -0.05) is 29.8 Å². The molecule has 2 heteroatoms. The number of aryl methyl sites for hydroxylation is 1. The minimum atomic E-state index is 0.0731. The van der Waals surface area contributed by atoms with Crippen molar-refractivity contribution in [1.82, 2.24) is 5.32 Å². The minimum absolute atomic E-state index is 0.0731. The average molecular weight is 203 g/mol. The van der Waals surface area contributed by atoms with Crippen molar-refractivity contribution >= 4 is 5.78 Å². The number of rotatable bonds is 4. The molecule has 1 aromatic carbocycles. The lowest BCUT2D eigenvalue weighted by Crippen LogP contribution is -2.11. The van der Waals surface area contributed by atoms with Crippen molar-refractivity contribution in [2.45, 2.75) is 27.3 Å². The van der Waals surface area contributed by atoms with Gasteiger partial charge in [0.15, 0.2) is 5.78 Å². The number of carbonyl (C=O) groups excluding carboxylic acids is 1. The summed E-state index contributed by atoms with van der Waals surface area (Å²) < 4.78 is 0. The smallest absolute Gasteiger partial charge is 0.154 e. The van der Waals surface area contributed by atoms with Crippen LogP contribution in [0.15, 0.2) is 36.0 Å². The molecule has 0 aliphatic rings. The number of ketones is 1. The van der Waals surface area contributed by atoms with E-state index in [-0.39, 0.29) is 5.78 Å². The minimum Gasteiger partial charge on any atom is -0.384 e. The van der Waals surface area contributed by atoms with Crippen molar-refractivity contribution in [3.8, 4) is 0 Å². The monoisotopic (exact) mass is 203 g/mol. The van der Waals surface area contributed by atoms with Crippen molar-refractivity contribution in [2.24, 2.45) is 0 Å². The molecule has 0 saturated heterocycles. The van der Waals surface area contributed by atoms with Gasteiger partial charge in [-0.3, -0.25) is 4.79 Å². The zero-order valence-corrected chi connectivity index (χ0v) is 9.50. The Labute approximate surface area is 91.0 Å². The highest BCUT2D eigenvalue weighted by Gasteiger charge is 1.93. The van der Waals surface area contributed by atoms with Gasteiger partial charge in [0, 0.05) is 12.2 Å². The van der Waals surface area contributed by atoms with Gasteiger partial charge >= 0.3 is 0 Å². The first kappa shape index (κ1) is 11.5. The third-order valence-electron chi connectivity index (χ3n) is 2.11. The van der Waals surface area contributed by atoms with Crippen LogP contribution in [0.3, 0.4) is 0 Å². The molecule has 15 heavy (non-hydrogen) atoms. The Bertz CT molecular complexity index is 363. The second-order valence-corrected chi connectivity index (χ2v) is 3.78. The first-order chi connectivity index (χ1) is 7.08. The molecular weight excluding hydrogens is 186 g/mol. The average Bonchev–Trinajstić information content (AvgIpc) is 2.16. The van der Waals surface area contributed by atoms with Crippen LogP contribution in [0.25, 0.3) is 0 Å². The van der Waals surface area contributed by atoms with Crippen LogP contribution >= 0.6 is 0 Å². The van der Waals surface area contributed by atoms with Gasteiger partial charge in [-0.2, -0.15) is 0 Å². The Morgan fingerprint density at radius 2 is 1.87 bits per heavy atom. The van der Waals surface area contributed by atoms with Crippen LogP contribution in [0.1, 0.15) is 25.0 Å². The molecule has 0 spiro atoms. The molecule has 0 bridgehead atoms. The van der Waals surface area contributed by atoms with Crippen molar-refractivity contribution in [3.63, 3.8) is 0 Å². The van der Waals surface area contributed by atoms with E-state index in [4.69, 9.17) is 0 Å². The van der Waals surface area contributed by atoms with Gasteiger partial charge in [-0.05, 0) is 32.4 Å². The van der Waals surface area contributed by atoms with Crippen molar-refractivity contribution in [2.75, 3.05) is 0 Å². The van der Waals surface area contributed by atoms with Crippen LogP contribution in [-0.2, 0) is 11.3 Å². The Morgan fingerprint density at radius 1 is 1.27 bits per heavy atom. The molecule has 0 aromatic heterocycles. The maximum absolute atomic E-state index is 10.8. The van der Waals surface area contributed by atoms with Crippen molar-refractivity contribution < 1.29 is 4.79 Å². The van der Waals surface area contributed by atoms with Gasteiger partial charge < -0.3 is 5.32 Å². The van der Waals surface area contributed by atoms with Crippen LogP contribution in [0, 0.1) is 6.92 Å². The van der Waals surface area contributed by atoms with E-state index in [2.05, 4.69) is 36.5 Å². The summed E-state index contributed by atoms with van der Waals surface area (Å²) in [6, 6.07) is 8.34. The Morgan fingerprint density at radius 3 is 2.40 bits per heavy atom. The van der Waals surface area contributed by atoms with E-state index < -0.39 is 0 Å². The molecule has 0 radical (unpaired) electrons. The summed E-state index contributed by atoms with van der Waals surface area (Å²) in [7, 11) is 0. The first-order valence-corrected chi connectivity index (χ1v) is 5.06. The molecule has 0 heterocycles. The van der Waals surface area contributed by atoms with E-state index in [1.165, 1.54) is 11.1 Å². The number of hydrogen-bond acceptors (Lipinski definition) is 2. The highest BCUT2D eigenvalue weighted by molar-refractivity contribution is 5.87. The predicted molar refractivity (Wildman–Crippen MR) is 62.5 cm³/mol. The number of carbonyl (C=O) groups is 1. The fourth-order valence-electron chi connectivity index (χ4n) is 1.30. The highest BCUT2D eigenvalue weighted by Crippen LogP contribution is 2.03. The van der Waals surface area contributed by atoms with Gasteiger partial charge in [0.25, 0.3) is 0 Å². The summed E-state index contributed by atoms with van der Waals surface area (Å²) in [6.45, 7) is 6.28. The molecule has 2 nitrogen and oxygen atoms in total. The van der Waals surface area contributed by atoms with E-state index in [1.807, 2.05) is 6.92 Å². The van der Waals surface area contributed by atoms with Crippen LogP contribution in [-0.4, -0.2) is 5.78 Å². The molecular formula is C13H17NO. The highest BCUT2D eigenvalue weighted by atomic mass is 16.1. The summed E-state index contributed by atoms with van der Waals surface area (Å²) in [5.41, 5.74) is 3.38. The molecule has 0 atom stereocenters. The van der Waals surface area contributed by atoms with Crippen molar-refractivity contribution in [1.29, 1.82) is 0 Å². The Hall–Kier alpha value is -1.57. The molecule has 1 N–H and O–H groups in total. The maximum Gasteiger partial charge on any atom is 0.154 e. The van der Waals surface area contributed by atoms with Gasteiger partial charge in [-0.15, -0.1) is 0 Å². The Balaban J connectivity index is 2.50. The summed E-state index contributed by atoms with van der Waals surface area (Å²) in [5.74, 6) is 0.0731. The van der Waals surface area contributed by atoms with Crippen LogP contribution < -0.4 is 5.32 Å². The lowest BCUT2D eigenvalue weighted by molar-refractivity contribution is -0.112. The predicted octanol–water partition coefficient (Wildman–Crippen LogP) is 2.58. The van der Waals surface area contributed by atoms with Gasteiger partial charge in [0.2, 0.25) is 0 Å². The largest absolute Gasteiger partial charge is 0.384 e. The van der Waals surface area contributed by atoms with E-state index in [9.17, 15) is 4.79 Å². The van der Waals surface area contributed by atoms with Gasteiger partial charge in [0.1, 0.15) is 0 Å². The van der Waals surface area contributed by atoms with E-state index >= 15 is 0 Å². The number of nitrogens with one attached hydrogen (secondary N) is 1. The molecule has 0 amide bonds. The van der Waals surface area contributed by atoms with Gasteiger partial charge in [0.05, 0.1) is 0 Å². The summed E-state index contributed by atoms with van der Waals surface area (Å²) >= 11 is 0. The van der Waals surface area contributed by atoms with Gasteiger partial charge in [-0.25, -0.2) is 0 Å². The van der Waals surface area contributed by atoms with E-state index in [0.29, 0.717) is 0 Å². The third kappa shape index (κ3) is 4.45. The quantitative estimate of drug-likeness (QED) is 0.762. The molecule has 0 aliphatic heterocycles. The first-order valence-electron chi connectivity index (χ1n) is 5.06. The summed E-state index contributed by atoms with van der Waals surface area (Å²) in [6.07, 6.45) is 1.61. The number of allylic oxidation sites excluding steroid dienone is 2. The molecule has 0 fully saturated rings. The second-order valence-electron chi connectivity index (χ2n) is 3.78. The molecule has 80 valence electrons. The zero-order chi connectivity index (χ0) is 11.3. The number of benzene rings is 1. The van der Waals surface area contributed by atoms with E-state index in [1.54, 1.807) is 13.0 Å². The maximum atomic E-state index is 10.8. The fourth-order valence-corrected chi connectivity index (χ4v) is 1.30. The summed E-state index contributed by atoms with van der Waals surface area (Å²) in [4.78, 5) is 10.8. The fraction of sp³-hybridized carbons (Fsp3) is 0.308. The van der Waals surface area contributed by atoms with Crippen LogP contribution in [0.4, 0.5) is 0 Å². The van der Waals surface area contributed by atoms with Crippen molar-refractivity contribution in [3.05, 3.63) is 47.2 Å². The molecule has 0 saturated carbocycles. The molecule has 0 aliphatic carbocycles. The molecule has 0 unspecified atom stereocenters. The van der Waals surface area contributed by atoms with Crippen LogP contribution in [0.2, 0.25) is 0 Å². The zero-order valence-electron chi connectivity index (χ0n) is 9.50. The molecule has 1 rings (SSSR count). The van der Waals surface area contributed by atoms with Crippen LogP contribution in [0.5, 0.6) is 0 Å². The third-order valence-corrected chi connectivity index (χ3v) is 2.11. The molecule has 1 aromatic rings. The second kappa shape index (κ2) is 5.35. The summed E-state index contributed by atoms with van der Waals surface area (Å²) in [5, 5.41) is 3.19. The van der Waals surface area contributed by atoms with E-state index in [0.717, 1.165) is 12.2 Å². The lowest BCUT2D eigenvalue weighted by Gasteiger charge is -2.06. The SMILES string of the molecule is CC(=O)/C=C(\C)NCc1ccc(C)cc1. The topological polar surface area (TPSA) is 29.1 Å². The standard InChI is InChI=1S/C13H17NO/c1-10-4-6-13(7-5-10)9-14-11(2)8-12(3)15/h4-8,14H,9H2,1-3H3/b11-8+. The normalized spacial score (nSPS) is 11.3. The number of hydrogen-bond donors (Lipinski definition) is 1. The Kier molecular flexibility index (Phi) is 4.10.